The lowest BCUT2D eigenvalue weighted by Crippen LogP contribution is -2.50. The van der Waals surface area contributed by atoms with E-state index in [1.54, 1.807) is 24.1 Å². The number of amides is 1. The average molecular weight is 264 g/mol. The van der Waals surface area contributed by atoms with Gasteiger partial charge in [-0.15, -0.1) is 0 Å². The van der Waals surface area contributed by atoms with Crippen LogP contribution in [-0.2, 0) is 11.3 Å². The minimum atomic E-state index is -0.250. The molecule has 1 amide bonds. The van der Waals surface area contributed by atoms with E-state index < -0.39 is 0 Å². The molecule has 3 nitrogen and oxygen atoms in total. The first-order valence-electron chi connectivity index (χ1n) is 6.81. The number of nitrogens with one attached hydrogen (secondary N) is 1. The lowest BCUT2D eigenvalue weighted by Gasteiger charge is -2.31. The van der Waals surface area contributed by atoms with Crippen LogP contribution >= 0.6 is 0 Å². The van der Waals surface area contributed by atoms with Gasteiger partial charge >= 0.3 is 0 Å². The number of carbonyl (C=O) groups excluding carboxylic acids is 1. The van der Waals surface area contributed by atoms with E-state index in [0.717, 1.165) is 24.8 Å². The van der Waals surface area contributed by atoms with Crippen molar-refractivity contribution in [2.24, 2.45) is 0 Å². The third kappa shape index (κ3) is 3.77. The Morgan fingerprint density at radius 3 is 2.68 bits per heavy atom. The molecule has 1 aromatic carbocycles. The number of rotatable bonds is 3. The Kier molecular flexibility index (Phi) is 4.53. The van der Waals surface area contributed by atoms with Gasteiger partial charge in [0.2, 0.25) is 5.91 Å². The van der Waals surface area contributed by atoms with Crippen LogP contribution in [0.1, 0.15) is 31.7 Å². The highest BCUT2D eigenvalue weighted by molar-refractivity contribution is 5.81. The van der Waals surface area contributed by atoms with Crippen molar-refractivity contribution in [1.82, 2.24) is 10.2 Å². The third-order valence-electron chi connectivity index (χ3n) is 3.62. The summed E-state index contributed by atoms with van der Waals surface area (Å²) in [6.07, 6.45) is 3.12. The molecular formula is C15H21FN2O. The van der Waals surface area contributed by atoms with Gasteiger partial charge in [-0.1, -0.05) is 12.1 Å². The fraction of sp³-hybridized carbons (Fsp3) is 0.533. The fourth-order valence-corrected chi connectivity index (χ4v) is 2.54. The topological polar surface area (TPSA) is 32.3 Å². The molecule has 1 heterocycles. The number of benzene rings is 1. The number of halogens is 1. The molecule has 1 N–H and O–H groups in total. The molecule has 1 aliphatic rings. The van der Waals surface area contributed by atoms with Crippen LogP contribution in [0.5, 0.6) is 0 Å². The maximum absolute atomic E-state index is 12.8. The van der Waals surface area contributed by atoms with Crippen molar-refractivity contribution >= 4 is 5.91 Å². The van der Waals surface area contributed by atoms with Crippen LogP contribution in [0.3, 0.4) is 0 Å². The van der Waals surface area contributed by atoms with E-state index in [1.807, 2.05) is 0 Å². The second kappa shape index (κ2) is 6.15. The Labute approximate surface area is 113 Å². The Bertz CT molecular complexity index is 432. The zero-order valence-electron chi connectivity index (χ0n) is 11.5. The van der Waals surface area contributed by atoms with Gasteiger partial charge < -0.3 is 10.2 Å². The standard InChI is InChI=1S/C15H21FN2O/c1-11-4-3-5-14(17-11)15(19)18(2)10-12-6-8-13(16)9-7-12/h6-9,11,14,17H,3-5,10H2,1-2H3. The van der Waals surface area contributed by atoms with Crippen LogP contribution in [0, 0.1) is 5.82 Å². The van der Waals surface area contributed by atoms with Crippen LogP contribution < -0.4 is 5.32 Å². The number of likely N-dealkylation sites (N-methyl/N-ethyl adjacent to an activating group) is 1. The maximum atomic E-state index is 12.8. The maximum Gasteiger partial charge on any atom is 0.239 e. The molecule has 1 aliphatic heterocycles. The van der Waals surface area contributed by atoms with Crippen LogP contribution in [0.4, 0.5) is 4.39 Å². The first-order chi connectivity index (χ1) is 9.06. The van der Waals surface area contributed by atoms with Crippen LogP contribution in [0.2, 0.25) is 0 Å². The average Bonchev–Trinajstić information content (AvgIpc) is 2.40. The highest BCUT2D eigenvalue weighted by Crippen LogP contribution is 2.15. The van der Waals surface area contributed by atoms with Gasteiger partial charge in [0, 0.05) is 19.6 Å². The van der Waals surface area contributed by atoms with Gasteiger partial charge in [-0.2, -0.15) is 0 Å². The van der Waals surface area contributed by atoms with E-state index >= 15 is 0 Å². The van der Waals surface area contributed by atoms with Crippen molar-refractivity contribution in [1.29, 1.82) is 0 Å². The molecule has 2 unspecified atom stereocenters. The van der Waals surface area contributed by atoms with E-state index in [0.29, 0.717) is 12.6 Å². The Morgan fingerprint density at radius 2 is 2.05 bits per heavy atom. The normalized spacial score (nSPS) is 23.1. The van der Waals surface area contributed by atoms with E-state index in [1.165, 1.54) is 12.1 Å². The van der Waals surface area contributed by atoms with Crippen molar-refractivity contribution in [2.75, 3.05) is 7.05 Å². The van der Waals surface area contributed by atoms with Crippen molar-refractivity contribution in [2.45, 2.75) is 44.8 Å². The van der Waals surface area contributed by atoms with Crippen LogP contribution in [-0.4, -0.2) is 29.9 Å². The predicted molar refractivity (Wildman–Crippen MR) is 73.1 cm³/mol. The van der Waals surface area contributed by atoms with E-state index in [-0.39, 0.29) is 17.8 Å². The van der Waals surface area contributed by atoms with E-state index in [9.17, 15) is 9.18 Å². The number of carbonyl (C=O) groups is 1. The summed E-state index contributed by atoms with van der Waals surface area (Å²) in [6, 6.07) is 6.62. The molecule has 1 saturated heterocycles. The smallest absolute Gasteiger partial charge is 0.239 e. The Hall–Kier alpha value is -1.42. The van der Waals surface area contributed by atoms with Crippen LogP contribution in [0.15, 0.2) is 24.3 Å². The molecule has 2 rings (SSSR count). The zero-order valence-corrected chi connectivity index (χ0v) is 11.5. The Balaban J connectivity index is 1.93. The molecule has 19 heavy (non-hydrogen) atoms. The first-order valence-corrected chi connectivity index (χ1v) is 6.81. The number of hydrogen-bond acceptors (Lipinski definition) is 2. The zero-order chi connectivity index (χ0) is 13.8. The summed E-state index contributed by atoms with van der Waals surface area (Å²) in [6.45, 7) is 2.63. The van der Waals surface area contributed by atoms with Gasteiger partial charge in [0.05, 0.1) is 6.04 Å². The van der Waals surface area contributed by atoms with Gasteiger partial charge in [-0.05, 0) is 43.9 Å². The molecular weight excluding hydrogens is 243 g/mol. The molecule has 0 saturated carbocycles. The summed E-state index contributed by atoms with van der Waals surface area (Å²) in [5.74, 6) is -0.128. The molecule has 4 heteroatoms. The molecule has 0 radical (unpaired) electrons. The summed E-state index contributed by atoms with van der Waals surface area (Å²) < 4.78 is 12.8. The summed E-state index contributed by atoms with van der Waals surface area (Å²) in [7, 11) is 1.80. The second-order valence-electron chi connectivity index (χ2n) is 5.37. The highest BCUT2D eigenvalue weighted by Gasteiger charge is 2.26. The number of hydrogen-bond donors (Lipinski definition) is 1. The van der Waals surface area contributed by atoms with Crippen molar-refractivity contribution in [3.63, 3.8) is 0 Å². The minimum absolute atomic E-state index is 0.0748. The van der Waals surface area contributed by atoms with Gasteiger partial charge in [-0.25, -0.2) is 4.39 Å². The summed E-state index contributed by atoms with van der Waals surface area (Å²) in [4.78, 5) is 14.0. The minimum Gasteiger partial charge on any atom is -0.340 e. The highest BCUT2D eigenvalue weighted by atomic mass is 19.1. The first kappa shape index (κ1) is 14.0. The quantitative estimate of drug-likeness (QED) is 0.908. The predicted octanol–water partition coefficient (Wildman–Crippen LogP) is 2.31. The van der Waals surface area contributed by atoms with Gasteiger partial charge in [-0.3, -0.25) is 4.79 Å². The monoisotopic (exact) mass is 264 g/mol. The lowest BCUT2D eigenvalue weighted by molar-refractivity contribution is -0.133. The molecule has 1 aromatic rings. The van der Waals surface area contributed by atoms with E-state index in [4.69, 9.17) is 0 Å². The molecule has 104 valence electrons. The fourth-order valence-electron chi connectivity index (χ4n) is 2.54. The molecule has 2 atom stereocenters. The van der Waals surface area contributed by atoms with Crippen molar-refractivity contribution < 1.29 is 9.18 Å². The molecule has 0 bridgehead atoms. The molecule has 0 spiro atoms. The number of nitrogens with zero attached hydrogens (tertiary/aromatic N) is 1. The van der Waals surface area contributed by atoms with Gasteiger partial charge in [0.1, 0.15) is 5.82 Å². The summed E-state index contributed by atoms with van der Waals surface area (Å²) >= 11 is 0. The van der Waals surface area contributed by atoms with Crippen LogP contribution in [0.25, 0.3) is 0 Å². The van der Waals surface area contributed by atoms with E-state index in [2.05, 4.69) is 12.2 Å². The Morgan fingerprint density at radius 1 is 1.37 bits per heavy atom. The summed E-state index contributed by atoms with van der Waals surface area (Å²) in [5.41, 5.74) is 0.945. The number of piperidine rings is 1. The largest absolute Gasteiger partial charge is 0.340 e. The lowest BCUT2D eigenvalue weighted by atomic mass is 9.98. The summed E-state index contributed by atoms with van der Waals surface area (Å²) in [5, 5.41) is 3.34. The SMILES string of the molecule is CC1CCCC(C(=O)N(C)Cc2ccc(F)cc2)N1. The van der Waals surface area contributed by atoms with Gasteiger partial charge in [0.25, 0.3) is 0 Å². The van der Waals surface area contributed by atoms with Gasteiger partial charge in [0.15, 0.2) is 0 Å². The second-order valence-corrected chi connectivity index (χ2v) is 5.37. The third-order valence-corrected chi connectivity index (χ3v) is 3.62. The van der Waals surface area contributed by atoms with Crippen molar-refractivity contribution in [3.8, 4) is 0 Å². The van der Waals surface area contributed by atoms with Crippen molar-refractivity contribution in [3.05, 3.63) is 35.6 Å². The molecule has 0 aliphatic carbocycles. The molecule has 1 fully saturated rings. The molecule has 0 aromatic heterocycles.